The number of carbonyl (C=O) groups is 1. The molecule has 4 heterocycles. The number of nitrogens with one attached hydrogen (secondary N) is 2. The number of aromatic nitrogens is 6. The Morgan fingerprint density at radius 2 is 2.21 bits per heavy atom. The molecule has 0 spiro atoms. The van der Waals surface area contributed by atoms with Gasteiger partial charge in [0.2, 0.25) is 5.95 Å². The molecule has 1 aromatic carbocycles. The maximum Gasteiger partial charge on any atom is 0.341 e. The Morgan fingerprint density at radius 1 is 1.35 bits per heavy atom. The Labute approximate surface area is 197 Å². The van der Waals surface area contributed by atoms with E-state index in [9.17, 15) is 9.59 Å². The molecule has 0 saturated heterocycles. The topological polar surface area (TPSA) is 151 Å². The van der Waals surface area contributed by atoms with Crippen molar-refractivity contribution in [2.45, 2.75) is 13.0 Å². The third-order valence-corrected chi connectivity index (χ3v) is 5.77. The molecule has 0 saturated carbocycles. The second kappa shape index (κ2) is 8.63. The van der Waals surface area contributed by atoms with Gasteiger partial charge in [-0.3, -0.25) is 9.89 Å². The first-order valence-electron chi connectivity index (χ1n) is 10.3. The highest BCUT2D eigenvalue weighted by Crippen LogP contribution is 2.28. The van der Waals surface area contributed by atoms with Crippen LogP contribution in [0.2, 0.25) is 5.02 Å². The number of ether oxygens (including phenoxy) is 1. The van der Waals surface area contributed by atoms with Crippen LogP contribution < -0.4 is 20.5 Å². The minimum atomic E-state index is -1.17. The predicted molar refractivity (Wildman–Crippen MR) is 124 cm³/mol. The highest BCUT2D eigenvalue weighted by molar-refractivity contribution is 6.32. The van der Waals surface area contributed by atoms with E-state index in [2.05, 4.69) is 30.7 Å². The van der Waals surface area contributed by atoms with Crippen LogP contribution in [0.4, 0.5) is 17.5 Å². The van der Waals surface area contributed by atoms with Crippen molar-refractivity contribution in [2.24, 2.45) is 7.05 Å². The van der Waals surface area contributed by atoms with E-state index in [1.54, 1.807) is 25.2 Å². The number of H-pyrrole nitrogens is 1. The normalized spacial score (nSPS) is 13.1. The number of rotatable bonds is 6. The monoisotopic (exact) mass is 482 g/mol. The van der Waals surface area contributed by atoms with Gasteiger partial charge in [0.25, 0.3) is 5.56 Å². The first-order valence-corrected chi connectivity index (χ1v) is 10.7. The van der Waals surface area contributed by atoms with Crippen molar-refractivity contribution in [3.8, 4) is 5.75 Å². The van der Waals surface area contributed by atoms with Crippen molar-refractivity contribution < 1.29 is 14.6 Å². The summed E-state index contributed by atoms with van der Waals surface area (Å²) in [5.74, 6) is -0.285. The van der Waals surface area contributed by atoms with E-state index >= 15 is 0 Å². The van der Waals surface area contributed by atoms with Crippen LogP contribution in [0.25, 0.3) is 10.9 Å². The van der Waals surface area contributed by atoms with Crippen molar-refractivity contribution in [3.05, 3.63) is 57.2 Å². The quantitative estimate of drug-likeness (QED) is 0.371. The summed E-state index contributed by atoms with van der Waals surface area (Å²) in [7, 11) is 1.60. The van der Waals surface area contributed by atoms with Gasteiger partial charge in [0.05, 0.1) is 24.0 Å². The summed E-state index contributed by atoms with van der Waals surface area (Å²) in [6.07, 6.45) is 2.29. The third-order valence-electron chi connectivity index (χ3n) is 5.50. The summed E-state index contributed by atoms with van der Waals surface area (Å²) in [6.45, 7) is 0.640. The fourth-order valence-electron chi connectivity index (χ4n) is 3.78. The van der Waals surface area contributed by atoms with Crippen LogP contribution in [0.3, 0.4) is 0 Å². The zero-order valence-corrected chi connectivity index (χ0v) is 18.7. The van der Waals surface area contributed by atoms with Gasteiger partial charge in [-0.1, -0.05) is 16.8 Å². The molecule has 0 radical (unpaired) electrons. The number of aliphatic carboxylic acids is 1. The number of carboxylic acids is 1. The maximum absolute atomic E-state index is 12.4. The number of hydrogen-bond acceptors (Lipinski definition) is 9. The molecule has 174 valence electrons. The fourth-order valence-corrected chi connectivity index (χ4v) is 3.92. The molecule has 34 heavy (non-hydrogen) atoms. The van der Waals surface area contributed by atoms with Gasteiger partial charge in [0.1, 0.15) is 10.7 Å². The third kappa shape index (κ3) is 4.10. The summed E-state index contributed by atoms with van der Waals surface area (Å²) in [5, 5.41) is 23.9. The molecule has 12 nitrogen and oxygen atoms in total. The summed E-state index contributed by atoms with van der Waals surface area (Å²) < 4.78 is 6.56. The largest absolute Gasteiger partial charge is 0.479 e. The molecule has 1 aliphatic heterocycles. The molecule has 1 aliphatic rings. The van der Waals surface area contributed by atoms with E-state index in [4.69, 9.17) is 21.4 Å². The van der Waals surface area contributed by atoms with E-state index < -0.39 is 18.1 Å². The van der Waals surface area contributed by atoms with Crippen molar-refractivity contribution in [1.29, 1.82) is 0 Å². The Morgan fingerprint density at radius 3 is 3.03 bits per heavy atom. The zero-order chi connectivity index (χ0) is 23.8. The number of anilines is 3. The van der Waals surface area contributed by atoms with Crippen LogP contribution in [0.5, 0.6) is 5.75 Å². The fraction of sp³-hybridized carbons (Fsp3) is 0.238. The van der Waals surface area contributed by atoms with Gasteiger partial charge >= 0.3 is 5.97 Å². The maximum atomic E-state index is 12.4. The molecule has 3 N–H and O–H groups in total. The molecule has 0 atom stereocenters. The molecule has 0 bridgehead atoms. The van der Waals surface area contributed by atoms with E-state index in [0.717, 1.165) is 17.8 Å². The van der Waals surface area contributed by atoms with Gasteiger partial charge in [0, 0.05) is 31.1 Å². The number of nitrogens with zero attached hydrogens (tertiary/aromatic N) is 6. The number of halogens is 1. The molecule has 0 aliphatic carbocycles. The highest BCUT2D eigenvalue weighted by atomic mass is 35.5. The first kappa shape index (κ1) is 21.6. The molecule has 0 amide bonds. The SMILES string of the molecule is Cn1c(=O)c(OCC(=O)O)cc2cc(Nc3nc(N4CCc5[nH]nnc5C4)ncc3Cl)ccc21. The average molecular weight is 483 g/mol. The molecule has 3 aromatic heterocycles. The molecular weight excluding hydrogens is 464 g/mol. The van der Waals surface area contributed by atoms with Crippen LogP contribution in [0.15, 0.2) is 35.3 Å². The summed E-state index contributed by atoms with van der Waals surface area (Å²) in [6, 6.07) is 6.87. The molecular formula is C21H19ClN8O4. The summed E-state index contributed by atoms with van der Waals surface area (Å²) in [4.78, 5) is 34.2. The zero-order valence-electron chi connectivity index (χ0n) is 17.9. The molecule has 0 fully saturated rings. The van der Waals surface area contributed by atoms with E-state index in [1.807, 2.05) is 4.90 Å². The molecule has 5 rings (SSSR count). The van der Waals surface area contributed by atoms with E-state index in [-0.39, 0.29) is 5.75 Å². The highest BCUT2D eigenvalue weighted by Gasteiger charge is 2.22. The number of hydrogen-bond donors (Lipinski definition) is 3. The van der Waals surface area contributed by atoms with Crippen LogP contribution in [0, 0.1) is 0 Å². The Bertz CT molecular complexity index is 1470. The number of aryl methyl sites for hydroxylation is 1. The van der Waals surface area contributed by atoms with Crippen molar-refractivity contribution >= 4 is 45.9 Å². The number of pyridine rings is 1. The number of benzene rings is 1. The van der Waals surface area contributed by atoms with E-state index in [0.29, 0.717) is 46.5 Å². The van der Waals surface area contributed by atoms with Gasteiger partial charge in [-0.05, 0) is 24.3 Å². The number of aromatic amines is 1. The lowest BCUT2D eigenvalue weighted by molar-refractivity contribution is -0.139. The average Bonchev–Trinajstić information content (AvgIpc) is 3.30. The second-order valence-corrected chi connectivity index (χ2v) is 8.14. The lowest BCUT2D eigenvalue weighted by Crippen LogP contribution is -2.32. The van der Waals surface area contributed by atoms with Crippen LogP contribution in [-0.2, 0) is 24.8 Å². The minimum Gasteiger partial charge on any atom is -0.479 e. The Hall–Kier alpha value is -4.19. The summed E-state index contributed by atoms with van der Waals surface area (Å²) >= 11 is 6.35. The van der Waals surface area contributed by atoms with Crippen molar-refractivity contribution in [2.75, 3.05) is 23.4 Å². The molecule has 0 unspecified atom stereocenters. The van der Waals surface area contributed by atoms with Gasteiger partial charge < -0.3 is 24.6 Å². The lowest BCUT2D eigenvalue weighted by atomic mass is 10.1. The van der Waals surface area contributed by atoms with Crippen LogP contribution >= 0.6 is 11.6 Å². The first-order chi connectivity index (χ1) is 16.4. The minimum absolute atomic E-state index is 0.0470. The van der Waals surface area contributed by atoms with Gasteiger partial charge in [-0.25, -0.2) is 9.78 Å². The Balaban J connectivity index is 1.43. The number of carboxylic acid groups (broad SMARTS) is 1. The number of fused-ring (bicyclic) bond motifs is 2. The van der Waals surface area contributed by atoms with Crippen LogP contribution in [0.1, 0.15) is 11.4 Å². The van der Waals surface area contributed by atoms with Crippen LogP contribution in [-0.4, -0.2) is 54.2 Å². The molecule has 4 aromatic rings. The standard InChI is InChI=1S/C21H19ClN8O4/c1-29-16-3-2-12(6-11(16)7-17(20(29)33)34-10-18(31)32)24-19-13(22)8-23-21(25-19)30-5-4-14-15(9-30)27-28-26-14/h2-3,6-8H,4-5,9-10H2,1H3,(H,31,32)(H,23,24,25)(H,26,27,28). The van der Waals surface area contributed by atoms with Crippen molar-refractivity contribution in [3.63, 3.8) is 0 Å². The lowest BCUT2D eigenvalue weighted by Gasteiger charge is -2.26. The summed E-state index contributed by atoms with van der Waals surface area (Å²) in [5.41, 5.74) is 2.78. The van der Waals surface area contributed by atoms with Crippen molar-refractivity contribution in [1.82, 2.24) is 29.9 Å². The van der Waals surface area contributed by atoms with Gasteiger partial charge in [-0.2, -0.15) is 4.98 Å². The van der Waals surface area contributed by atoms with E-state index in [1.165, 1.54) is 16.8 Å². The molecule has 13 heteroatoms. The Kier molecular flexibility index (Phi) is 5.49. The predicted octanol–water partition coefficient (Wildman–Crippen LogP) is 1.87. The second-order valence-electron chi connectivity index (χ2n) is 7.73. The van der Waals surface area contributed by atoms with Gasteiger partial charge in [-0.15, -0.1) is 5.10 Å². The smallest absolute Gasteiger partial charge is 0.341 e. The van der Waals surface area contributed by atoms with Gasteiger partial charge in [0.15, 0.2) is 18.2 Å².